The molecule has 0 aliphatic rings. The van der Waals surface area contributed by atoms with Gasteiger partial charge in [-0.2, -0.15) is 5.10 Å². The van der Waals surface area contributed by atoms with Crippen LogP contribution in [0.1, 0.15) is 16.1 Å². The molecule has 0 saturated carbocycles. The highest BCUT2D eigenvalue weighted by molar-refractivity contribution is 6.04. The number of carbonyl (C=O) groups excluding carboxylic acids is 1. The van der Waals surface area contributed by atoms with Crippen LogP contribution in [0.4, 0.5) is 0 Å². The molecule has 104 valence electrons. The summed E-state index contributed by atoms with van der Waals surface area (Å²) >= 11 is 0. The van der Waals surface area contributed by atoms with Crippen molar-refractivity contribution in [2.24, 2.45) is 0 Å². The Bertz CT molecular complexity index is 843. The van der Waals surface area contributed by atoms with Gasteiger partial charge in [0.15, 0.2) is 5.69 Å². The summed E-state index contributed by atoms with van der Waals surface area (Å²) in [7, 11) is 0. The van der Waals surface area contributed by atoms with E-state index in [4.69, 9.17) is 0 Å². The van der Waals surface area contributed by atoms with Gasteiger partial charge >= 0.3 is 0 Å². The van der Waals surface area contributed by atoms with Gasteiger partial charge < -0.3 is 5.32 Å². The van der Waals surface area contributed by atoms with Gasteiger partial charge in [-0.3, -0.25) is 14.6 Å². The fourth-order valence-corrected chi connectivity index (χ4v) is 2.05. The minimum atomic E-state index is -0.334. The van der Waals surface area contributed by atoms with Gasteiger partial charge in [-0.15, -0.1) is 0 Å². The van der Waals surface area contributed by atoms with E-state index in [-0.39, 0.29) is 17.2 Å². The number of carbonyl (C=O) groups is 1. The summed E-state index contributed by atoms with van der Waals surface area (Å²) in [5.41, 5.74) is 0.836. The summed E-state index contributed by atoms with van der Waals surface area (Å²) in [6, 6.07) is 10.5. The van der Waals surface area contributed by atoms with Gasteiger partial charge in [0.2, 0.25) is 0 Å². The van der Waals surface area contributed by atoms with Gasteiger partial charge in [-0.1, -0.05) is 18.2 Å². The van der Waals surface area contributed by atoms with Crippen molar-refractivity contribution in [3.63, 3.8) is 0 Å². The van der Waals surface area contributed by atoms with Crippen molar-refractivity contribution in [1.82, 2.24) is 20.5 Å². The predicted molar refractivity (Wildman–Crippen MR) is 77.8 cm³/mol. The minimum absolute atomic E-state index is 0.208. The molecule has 1 aromatic carbocycles. The van der Waals surface area contributed by atoms with Crippen LogP contribution in [0.2, 0.25) is 0 Å². The Hall–Kier alpha value is -3.02. The van der Waals surface area contributed by atoms with E-state index in [0.29, 0.717) is 17.3 Å². The number of nitrogens with one attached hydrogen (secondary N) is 2. The Kier molecular flexibility index (Phi) is 3.42. The number of rotatable bonds is 3. The quantitative estimate of drug-likeness (QED) is 0.755. The second-order valence-corrected chi connectivity index (χ2v) is 4.49. The topological polar surface area (TPSA) is 87.7 Å². The first-order valence-corrected chi connectivity index (χ1v) is 6.40. The van der Waals surface area contributed by atoms with Crippen LogP contribution in [-0.4, -0.2) is 21.1 Å². The maximum atomic E-state index is 12.2. The SMILES string of the molecule is O=C(NCc1ccncc1)c1n[nH]c(=O)c2ccccc12. The number of aromatic amines is 1. The highest BCUT2D eigenvalue weighted by Crippen LogP contribution is 2.12. The van der Waals surface area contributed by atoms with E-state index in [1.54, 1.807) is 36.7 Å². The lowest BCUT2D eigenvalue weighted by Gasteiger charge is -2.06. The summed E-state index contributed by atoms with van der Waals surface area (Å²) in [4.78, 5) is 27.8. The second-order valence-electron chi connectivity index (χ2n) is 4.49. The summed E-state index contributed by atoms with van der Waals surface area (Å²) < 4.78 is 0. The molecule has 0 radical (unpaired) electrons. The third kappa shape index (κ3) is 2.64. The Morgan fingerprint density at radius 1 is 1.10 bits per heavy atom. The zero-order chi connectivity index (χ0) is 14.7. The number of hydrogen-bond acceptors (Lipinski definition) is 4. The molecule has 3 aromatic rings. The number of nitrogens with zero attached hydrogens (tertiary/aromatic N) is 2. The number of pyridine rings is 1. The van der Waals surface area contributed by atoms with E-state index in [2.05, 4.69) is 20.5 Å². The Morgan fingerprint density at radius 2 is 1.81 bits per heavy atom. The van der Waals surface area contributed by atoms with Crippen molar-refractivity contribution in [2.45, 2.75) is 6.54 Å². The number of amides is 1. The van der Waals surface area contributed by atoms with Crippen molar-refractivity contribution in [1.29, 1.82) is 0 Å². The summed E-state index contributed by atoms with van der Waals surface area (Å²) in [6.07, 6.45) is 3.32. The number of aromatic nitrogens is 3. The predicted octanol–water partition coefficient (Wildman–Crippen LogP) is 1.25. The van der Waals surface area contributed by atoms with Crippen LogP contribution in [0.5, 0.6) is 0 Å². The lowest BCUT2D eigenvalue weighted by molar-refractivity contribution is 0.0946. The monoisotopic (exact) mass is 280 g/mol. The molecule has 0 aliphatic carbocycles. The lowest BCUT2D eigenvalue weighted by Crippen LogP contribution is -2.26. The van der Waals surface area contributed by atoms with Gasteiger partial charge in [0.05, 0.1) is 5.39 Å². The zero-order valence-electron chi connectivity index (χ0n) is 11.0. The largest absolute Gasteiger partial charge is 0.347 e. The lowest BCUT2D eigenvalue weighted by atomic mass is 10.1. The highest BCUT2D eigenvalue weighted by Gasteiger charge is 2.13. The first-order valence-electron chi connectivity index (χ1n) is 6.40. The van der Waals surface area contributed by atoms with Gasteiger partial charge in [0.1, 0.15) is 0 Å². The van der Waals surface area contributed by atoms with Crippen molar-refractivity contribution in [3.8, 4) is 0 Å². The van der Waals surface area contributed by atoms with E-state index >= 15 is 0 Å². The molecule has 2 aromatic heterocycles. The molecule has 0 bridgehead atoms. The second kappa shape index (κ2) is 5.54. The molecule has 3 rings (SSSR count). The molecule has 1 amide bonds. The Labute approximate surface area is 119 Å². The van der Waals surface area contributed by atoms with E-state index in [1.165, 1.54) is 0 Å². The first-order chi connectivity index (χ1) is 10.3. The maximum Gasteiger partial charge on any atom is 0.272 e. The maximum absolute atomic E-state index is 12.2. The molecule has 6 nitrogen and oxygen atoms in total. The molecule has 0 unspecified atom stereocenters. The molecule has 0 fully saturated rings. The molecule has 0 saturated heterocycles. The zero-order valence-corrected chi connectivity index (χ0v) is 11.0. The summed E-state index contributed by atoms with van der Waals surface area (Å²) in [5, 5.41) is 9.96. The molecular formula is C15H12N4O2. The third-order valence-corrected chi connectivity index (χ3v) is 3.11. The van der Waals surface area contributed by atoms with Crippen LogP contribution in [0, 0.1) is 0 Å². The molecule has 21 heavy (non-hydrogen) atoms. The van der Waals surface area contributed by atoms with Crippen molar-refractivity contribution in [3.05, 3.63) is 70.4 Å². The summed E-state index contributed by atoms with van der Waals surface area (Å²) in [6.45, 7) is 0.372. The molecule has 2 N–H and O–H groups in total. The molecule has 0 spiro atoms. The number of hydrogen-bond donors (Lipinski definition) is 2. The van der Waals surface area contributed by atoms with Crippen LogP contribution in [0.15, 0.2) is 53.6 Å². The Balaban J connectivity index is 1.89. The van der Waals surface area contributed by atoms with E-state index in [0.717, 1.165) is 5.56 Å². The van der Waals surface area contributed by atoms with E-state index in [9.17, 15) is 9.59 Å². The van der Waals surface area contributed by atoms with Gasteiger partial charge in [-0.05, 0) is 23.8 Å². The first kappa shape index (κ1) is 13.0. The van der Waals surface area contributed by atoms with Crippen LogP contribution < -0.4 is 10.9 Å². The van der Waals surface area contributed by atoms with Crippen LogP contribution in [0.3, 0.4) is 0 Å². The van der Waals surface area contributed by atoms with Crippen LogP contribution in [0.25, 0.3) is 10.8 Å². The number of fused-ring (bicyclic) bond motifs is 1. The van der Waals surface area contributed by atoms with Crippen molar-refractivity contribution in [2.75, 3.05) is 0 Å². The number of H-pyrrole nitrogens is 1. The molecule has 0 aliphatic heterocycles. The number of benzene rings is 1. The third-order valence-electron chi connectivity index (χ3n) is 3.11. The average Bonchev–Trinajstić information content (AvgIpc) is 2.54. The molecular weight excluding hydrogens is 268 g/mol. The molecule has 6 heteroatoms. The van der Waals surface area contributed by atoms with E-state index in [1.807, 2.05) is 12.1 Å². The van der Waals surface area contributed by atoms with Gasteiger partial charge in [0, 0.05) is 24.3 Å². The minimum Gasteiger partial charge on any atom is -0.347 e. The standard InChI is InChI=1S/C15H12N4O2/c20-14-12-4-2-1-3-11(12)13(18-19-14)15(21)17-9-10-5-7-16-8-6-10/h1-8H,9H2,(H,17,21)(H,19,20). The fourth-order valence-electron chi connectivity index (χ4n) is 2.05. The smallest absolute Gasteiger partial charge is 0.272 e. The van der Waals surface area contributed by atoms with E-state index < -0.39 is 0 Å². The molecule has 0 atom stereocenters. The van der Waals surface area contributed by atoms with Gasteiger partial charge in [0.25, 0.3) is 11.5 Å². The van der Waals surface area contributed by atoms with Crippen molar-refractivity contribution < 1.29 is 4.79 Å². The highest BCUT2D eigenvalue weighted by atomic mass is 16.2. The normalized spacial score (nSPS) is 10.5. The summed E-state index contributed by atoms with van der Waals surface area (Å²) in [5.74, 6) is -0.334. The van der Waals surface area contributed by atoms with Crippen LogP contribution in [-0.2, 0) is 6.54 Å². The Morgan fingerprint density at radius 3 is 2.57 bits per heavy atom. The van der Waals surface area contributed by atoms with Gasteiger partial charge in [-0.25, -0.2) is 5.10 Å². The van der Waals surface area contributed by atoms with Crippen LogP contribution >= 0.6 is 0 Å². The average molecular weight is 280 g/mol. The molecule has 2 heterocycles. The van der Waals surface area contributed by atoms with Crippen molar-refractivity contribution >= 4 is 16.7 Å². The fraction of sp³-hybridized carbons (Fsp3) is 0.0667.